The molecule has 38 heavy (non-hydrogen) atoms. The molecule has 0 saturated carbocycles. The third-order valence-electron chi connectivity index (χ3n) is 7.86. The molecule has 6 heteroatoms. The molecule has 4 nitrogen and oxygen atoms in total. The highest BCUT2D eigenvalue weighted by atomic mass is 35.5. The third-order valence-corrected chi connectivity index (χ3v) is 8.60. The summed E-state index contributed by atoms with van der Waals surface area (Å²) in [4.78, 5) is 4.62. The Morgan fingerprint density at radius 2 is 1.50 bits per heavy atom. The normalized spacial score (nSPS) is 18.6. The molecule has 4 aromatic rings. The van der Waals surface area contributed by atoms with Crippen molar-refractivity contribution in [2.24, 2.45) is 0 Å². The molecule has 1 fully saturated rings. The van der Waals surface area contributed by atoms with Gasteiger partial charge >= 0.3 is 0 Å². The van der Waals surface area contributed by atoms with Crippen molar-refractivity contribution in [2.45, 2.75) is 25.0 Å². The first kappa shape index (κ1) is 25.7. The summed E-state index contributed by atoms with van der Waals surface area (Å²) < 4.78 is 6.50. The minimum absolute atomic E-state index is 0.0839. The molecule has 196 valence electrons. The van der Waals surface area contributed by atoms with Crippen molar-refractivity contribution in [3.05, 3.63) is 111 Å². The van der Waals surface area contributed by atoms with Gasteiger partial charge in [0.15, 0.2) is 0 Å². The molecule has 0 aromatic heterocycles. The number of hydrogen-bond donors (Lipinski definition) is 1. The zero-order valence-electron chi connectivity index (χ0n) is 21.3. The summed E-state index contributed by atoms with van der Waals surface area (Å²) in [5, 5.41) is 14.6. The molecule has 1 heterocycles. The molecular weight excluding hydrogens is 515 g/mol. The van der Waals surface area contributed by atoms with Crippen LogP contribution in [0, 0.1) is 0 Å². The Kier molecular flexibility index (Phi) is 7.60. The molecule has 1 saturated heterocycles. The van der Waals surface area contributed by atoms with E-state index in [4.69, 9.17) is 27.9 Å². The molecule has 2 unspecified atom stereocenters. The zero-order chi connectivity index (χ0) is 26.1. The maximum atomic E-state index is 11.0. The van der Waals surface area contributed by atoms with E-state index in [0.29, 0.717) is 23.2 Å². The Labute approximate surface area is 234 Å². The van der Waals surface area contributed by atoms with E-state index in [-0.39, 0.29) is 6.10 Å². The quantitative estimate of drug-likeness (QED) is 0.298. The second-order valence-electron chi connectivity index (χ2n) is 10.4. The van der Waals surface area contributed by atoms with E-state index in [0.717, 1.165) is 44.7 Å². The predicted molar refractivity (Wildman–Crippen MR) is 157 cm³/mol. The second-order valence-corrected chi connectivity index (χ2v) is 11.2. The van der Waals surface area contributed by atoms with Gasteiger partial charge < -0.3 is 14.7 Å². The summed E-state index contributed by atoms with van der Waals surface area (Å²) in [7, 11) is 0. The predicted octanol–water partition coefficient (Wildman–Crippen LogP) is 6.53. The number of aliphatic hydroxyl groups is 1. The largest absolute Gasteiger partial charge is 0.389 e. The summed E-state index contributed by atoms with van der Waals surface area (Å²) in [5.74, 6) is 0. The van der Waals surface area contributed by atoms with Gasteiger partial charge in [-0.3, -0.25) is 4.90 Å². The standard InChI is InChI=1S/C32H32Cl2N2O2/c33-30-10-9-27(19-31(30)34)36-13-11-35(12-14-36)20-28(37)21-38-32-18-25-8-4-2-6-23(25)16-26-15-22-5-1-3-7-24(22)17-29(26)32/h1-10,15,17,19,28,32,37H,11-14,16,18,20-21H2. The van der Waals surface area contributed by atoms with Crippen LogP contribution in [0.3, 0.4) is 0 Å². The molecule has 0 bridgehead atoms. The number of nitrogens with zero attached hydrogens (tertiary/aromatic N) is 2. The molecule has 1 N–H and O–H groups in total. The molecule has 1 aliphatic carbocycles. The first-order valence-electron chi connectivity index (χ1n) is 13.3. The van der Waals surface area contributed by atoms with Gasteiger partial charge in [-0.1, -0.05) is 77.8 Å². The Balaban J connectivity index is 1.11. The summed E-state index contributed by atoms with van der Waals surface area (Å²) in [6.07, 6.45) is 1.09. The number of β-amino-alcohol motifs (C(OH)–C–C–N with tert-alkyl or cyclic N) is 1. The molecule has 1 aliphatic heterocycles. The fourth-order valence-corrected chi connectivity index (χ4v) is 6.09. The fraction of sp³-hybridized carbons (Fsp3) is 0.312. The second kappa shape index (κ2) is 11.3. The van der Waals surface area contributed by atoms with Gasteiger partial charge in [0, 0.05) is 44.8 Å². The topological polar surface area (TPSA) is 35.9 Å². The van der Waals surface area contributed by atoms with Crippen LogP contribution in [0.5, 0.6) is 0 Å². The monoisotopic (exact) mass is 546 g/mol. The third kappa shape index (κ3) is 5.56. The number of hydrogen-bond acceptors (Lipinski definition) is 4. The lowest BCUT2D eigenvalue weighted by atomic mass is 9.95. The van der Waals surface area contributed by atoms with Gasteiger partial charge in [-0.25, -0.2) is 0 Å². The first-order valence-corrected chi connectivity index (χ1v) is 14.1. The number of benzene rings is 4. The van der Waals surface area contributed by atoms with Crippen LogP contribution in [-0.2, 0) is 17.6 Å². The molecule has 2 aliphatic rings. The Morgan fingerprint density at radius 3 is 2.26 bits per heavy atom. The summed E-state index contributed by atoms with van der Waals surface area (Å²) in [5.41, 5.74) is 6.32. The maximum Gasteiger partial charge on any atom is 0.0900 e. The van der Waals surface area contributed by atoms with Crippen LogP contribution in [0.1, 0.15) is 28.4 Å². The lowest BCUT2D eigenvalue weighted by molar-refractivity contribution is -0.0225. The highest BCUT2D eigenvalue weighted by molar-refractivity contribution is 6.42. The van der Waals surface area contributed by atoms with Crippen molar-refractivity contribution in [2.75, 3.05) is 44.2 Å². The van der Waals surface area contributed by atoms with E-state index in [1.807, 2.05) is 18.2 Å². The van der Waals surface area contributed by atoms with Gasteiger partial charge in [-0.05, 0) is 63.7 Å². The van der Waals surface area contributed by atoms with Crippen molar-refractivity contribution in [3.8, 4) is 0 Å². The molecule has 0 radical (unpaired) electrons. The van der Waals surface area contributed by atoms with E-state index in [9.17, 15) is 5.11 Å². The van der Waals surface area contributed by atoms with Gasteiger partial charge in [-0.15, -0.1) is 0 Å². The molecule has 0 spiro atoms. The molecule has 6 rings (SSSR count). The maximum absolute atomic E-state index is 11.0. The Hall–Kier alpha value is -2.60. The molecule has 4 aromatic carbocycles. The first-order chi connectivity index (χ1) is 18.5. The van der Waals surface area contributed by atoms with Crippen LogP contribution < -0.4 is 4.90 Å². The number of fused-ring (bicyclic) bond motifs is 3. The van der Waals surface area contributed by atoms with E-state index >= 15 is 0 Å². The Bertz CT molecular complexity index is 1430. The highest BCUT2D eigenvalue weighted by Gasteiger charge is 2.25. The van der Waals surface area contributed by atoms with Gasteiger partial charge in [0.05, 0.1) is 28.9 Å². The van der Waals surface area contributed by atoms with Gasteiger partial charge in [0.25, 0.3) is 0 Å². The summed E-state index contributed by atoms with van der Waals surface area (Å²) in [6, 6.07) is 27.6. The number of anilines is 1. The van der Waals surface area contributed by atoms with Gasteiger partial charge in [0.1, 0.15) is 0 Å². The van der Waals surface area contributed by atoms with Gasteiger partial charge in [0.2, 0.25) is 0 Å². The van der Waals surface area contributed by atoms with Crippen LogP contribution in [-0.4, -0.2) is 55.4 Å². The van der Waals surface area contributed by atoms with Crippen LogP contribution in [0.25, 0.3) is 10.8 Å². The zero-order valence-corrected chi connectivity index (χ0v) is 22.8. The lowest BCUT2D eigenvalue weighted by Gasteiger charge is -2.37. The van der Waals surface area contributed by atoms with E-state index in [2.05, 4.69) is 70.5 Å². The van der Waals surface area contributed by atoms with Crippen LogP contribution in [0.15, 0.2) is 78.9 Å². The lowest BCUT2D eigenvalue weighted by Crippen LogP contribution is -2.49. The summed E-state index contributed by atoms with van der Waals surface area (Å²) in [6.45, 7) is 4.43. The Morgan fingerprint density at radius 1 is 0.789 bits per heavy atom. The SMILES string of the molecule is OC(COC1Cc2ccccc2Cc2cc3ccccc3cc21)CN1CCN(c2ccc(Cl)c(Cl)c2)CC1. The summed E-state index contributed by atoms with van der Waals surface area (Å²) >= 11 is 12.3. The molecular formula is C32H32Cl2N2O2. The number of ether oxygens (including phenoxy) is 1. The van der Waals surface area contributed by atoms with Crippen LogP contribution in [0.4, 0.5) is 5.69 Å². The van der Waals surface area contributed by atoms with E-state index in [1.54, 1.807) is 0 Å². The minimum Gasteiger partial charge on any atom is -0.389 e. The van der Waals surface area contributed by atoms with Crippen molar-refractivity contribution in [3.63, 3.8) is 0 Å². The number of halogens is 2. The number of rotatable bonds is 6. The average molecular weight is 548 g/mol. The average Bonchev–Trinajstić information content (AvgIpc) is 3.08. The molecule has 0 amide bonds. The highest BCUT2D eigenvalue weighted by Crippen LogP contribution is 2.35. The number of aliphatic hydroxyl groups excluding tert-OH is 1. The molecule has 2 atom stereocenters. The van der Waals surface area contributed by atoms with Crippen LogP contribution in [0.2, 0.25) is 10.0 Å². The van der Waals surface area contributed by atoms with Crippen molar-refractivity contribution < 1.29 is 9.84 Å². The van der Waals surface area contributed by atoms with Gasteiger partial charge in [-0.2, -0.15) is 0 Å². The number of piperazine rings is 1. The van der Waals surface area contributed by atoms with Crippen molar-refractivity contribution in [1.82, 2.24) is 4.90 Å². The smallest absolute Gasteiger partial charge is 0.0900 e. The fourth-order valence-electron chi connectivity index (χ4n) is 5.80. The van der Waals surface area contributed by atoms with Crippen molar-refractivity contribution >= 4 is 39.7 Å². The van der Waals surface area contributed by atoms with Crippen molar-refractivity contribution in [1.29, 1.82) is 0 Å². The minimum atomic E-state index is -0.547. The van der Waals surface area contributed by atoms with Crippen LogP contribution >= 0.6 is 23.2 Å². The van der Waals surface area contributed by atoms with E-state index < -0.39 is 6.10 Å². The van der Waals surface area contributed by atoms with E-state index in [1.165, 1.54) is 33.0 Å².